The molecule has 4 aromatic rings. The van der Waals surface area contributed by atoms with Crippen molar-refractivity contribution in [1.82, 2.24) is 20.2 Å². The molecule has 6 rings (SSSR count). The average molecular weight is 576 g/mol. The van der Waals surface area contributed by atoms with E-state index in [0.29, 0.717) is 17.4 Å². The third-order valence-corrected chi connectivity index (χ3v) is 6.72. The number of hydrogen-bond acceptors (Lipinski definition) is 9. The summed E-state index contributed by atoms with van der Waals surface area (Å²) in [7, 11) is 3.25. The number of hydrogen-bond donors (Lipinski definition) is 3. The van der Waals surface area contributed by atoms with E-state index in [1.165, 1.54) is 0 Å². The van der Waals surface area contributed by atoms with Crippen LogP contribution in [0.3, 0.4) is 0 Å². The van der Waals surface area contributed by atoms with Gasteiger partial charge in [-0.3, -0.25) is 9.89 Å². The van der Waals surface area contributed by atoms with Gasteiger partial charge in [-0.15, -0.1) is 0 Å². The summed E-state index contributed by atoms with van der Waals surface area (Å²) in [4.78, 5) is 22.4. The van der Waals surface area contributed by atoms with Crippen molar-refractivity contribution in [1.29, 1.82) is 0 Å². The molecule has 0 spiro atoms. The number of amides is 1. The molecule has 2 fully saturated rings. The fourth-order valence-electron chi connectivity index (χ4n) is 4.65. The molecular formula is C31H41N7O4. The minimum absolute atomic E-state index is 0.130. The van der Waals surface area contributed by atoms with Gasteiger partial charge in [-0.1, -0.05) is 26.0 Å². The zero-order valence-corrected chi connectivity index (χ0v) is 25.2. The third kappa shape index (κ3) is 7.67. The monoisotopic (exact) mass is 575 g/mol. The van der Waals surface area contributed by atoms with Crippen LogP contribution in [0.15, 0.2) is 54.9 Å². The molecule has 1 aliphatic heterocycles. The van der Waals surface area contributed by atoms with Crippen molar-refractivity contribution in [3.8, 4) is 11.5 Å². The van der Waals surface area contributed by atoms with Crippen molar-refractivity contribution >= 4 is 40.0 Å². The number of nitrogens with one attached hydrogen (secondary N) is 3. The topological polar surface area (TPSA) is 127 Å². The number of para-hydroxylation sites is 1. The van der Waals surface area contributed by atoms with E-state index in [4.69, 9.17) is 14.2 Å². The maximum Gasteiger partial charge on any atom is 0.227 e. The first kappa shape index (κ1) is 30.6. The van der Waals surface area contributed by atoms with Crippen LogP contribution in [0.5, 0.6) is 11.5 Å². The Morgan fingerprint density at radius 3 is 2.29 bits per heavy atom. The maximum atomic E-state index is 11.4. The van der Waals surface area contributed by atoms with Crippen LogP contribution in [0.4, 0.5) is 23.1 Å². The SMILES string of the molecule is CC.COc1c(Nc2n[nH]c3ccccc23)ncnc1N1CC(C)OC(C)C1.COc1ccc(NC(=O)C2CC2)cc1. The molecule has 11 nitrogen and oxygen atoms in total. The van der Waals surface area contributed by atoms with Gasteiger partial charge in [0.15, 0.2) is 17.5 Å². The van der Waals surface area contributed by atoms with Gasteiger partial charge in [0.2, 0.25) is 11.7 Å². The minimum Gasteiger partial charge on any atom is -0.497 e. The van der Waals surface area contributed by atoms with E-state index in [0.717, 1.165) is 54.1 Å². The van der Waals surface area contributed by atoms with Crippen LogP contribution in [0, 0.1) is 5.92 Å². The summed E-state index contributed by atoms with van der Waals surface area (Å²) in [5.74, 6) is 3.82. The smallest absolute Gasteiger partial charge is 0.227 e. The van der Waals surface area contributed by atoms with Crippen LogP contribution >= 0.6 is 0 Å². The molecule has 1 saturated heterocycles. The highest BCUT2D eigenvalue weighted by atomic mass is 16.5. The zero-order valence-electron chi connectivity index (χ0n) is 25.2. The number of rotatable bonds is 7. The molecule has 2 aliphatic rings. The molecule has 1 aliphatic carbocycles. The number of benzene rings is 2. The van der Waals surface area contributed by atoms with Gasteiger partial charge in [0, 0.05) is 30.1 Å². The van der Waals surface area contributed by atoms with Crippen LogP contribution in [0.1, 0.15) is 40.5 Å². The van der Waals surface area contributed by atoms with E-state index < -0.39 is 0 Å². The van der Waals surface area contributed by atoms with Gasteiger partial charge in [-0.2, -0.15) is 5.10 Å². The quantitative estimate of drug-likeness (QED) is 0.251. The molecular weight excluding hydrogens is 534 g/mol. The molecule has 2 aromatic heterocycles. The van der Waals surface area contributed by atoms with Crippen molar-refractivity contribution in [3.05, 3.63) is 54.9 Å². The normalized spacial score (nSPS) is 17.7. The lowest BCUT2D eigenvalue weighted by molar-refractivity contribution is -0.117. The van der Waals surface area contributed by atoms with Crippen LogP contribution < -0.4 is 25.0 Å². The van der Waals surface area contributed by atoms with Gasteiger partial charge < -0.3 is 29.7 Å². The zero-order chi connectivity index (χ0) is 30.1. The van der Waals surface area contributed by atoms with E-state index in [-0.39, 0.29) is 24.0 Å². The second kappa shape index (κ2) is 14.5. The predicted octanol–water partition coefficient (Wildman–Crippen LogP) is 5.79. The summed E-state index contributed by atoms with van der Waals surface area (Å²) in [6.45, 7) is 9.63. The number of aromatic amines is 1. The van der Waals surface area contributed by atoms with E-state index in [1.807, 2.05) is 62.4 Å². The molecule has 2 aromatic carbocycles. The molecule has 1 saturated carbocycles. The van der Waals surface area contributed by atoms with Crippen molar-refractivity contribution in [2.24, 2.45) is 5.92 Å². The Hall–Kier alpha value is -4.38. The van der Waals surface area contributed by atoms with Crippen LogP contribution in [0.25, 0.3) is 10.9 Å². The molecule has 42 heavy (non-hydrogen) atoms. The number of ether oxygens (including phenoxy) is 3. The maximum absolute atomic E-state index is 11.4. The first-order valence-corrected chi connectivity index (χ1v) is 14.4. The number of methoxy groups -OCH3 is 2. The lowest BCUT2D eigenvalue weighted by Crippen LogP contribution is -2.46. The number of fused-ring (bicyclic) bond motifs is 1. The summed E-state index contributed by atoms with van der Waals surface area (Å²) in [6, 6.07) is 15.3. The van der Waals surface area contributed by atoms with Gasteiger partial charge in [0.1, 0.15) is 12.1 Å². The lowest BCUT2D eigenvalue weighted by atomic mass is 10.2. The highest BCUT2D eigenvalue weighted by Gasteiger charge is 2.29. The Balaban J connectivity index is 0.000000214. The molecule has 2 atom stereocenters. The number of carbonyl (C=O) groups is 1. The summed E-state index contributed by atoms with van der Waals surface area (Å²) in [6.07, 6.45) is 3.86. The number of nitrogens with zero attached hydrogens (tertiary/aromatic N) is 4. The number of morpholine rings is 1. The van der Waals surface area contributed by atoms with Crippen molar-refractivity contribution in [3.63, 3.8) is 0 Å². The van der Waals surface area contributed by atoms with Gasteiger partial charge in [0.25, 0.3) is 0 Å². The van der Waals surface area contributed by atoms with Crippen LogP contribution in [-0.2, 0) is 9.53 Å². The first-order chi connectivity index (χ1) is 20.4. The summed E-state index contributed by atoms with van der Waals surface area (Å²) in [5, 5.41) is 14.5. The second-order valence-electron chi connectivity index (χ2n) is 9.98. The first-order valence-electron chi connectivity index (χ1n) is 14.4. The summed E-state index contributed by atoms with van der Waals surface area (Å²) in [5.41, 5.74) is 1.79. The standard InChI is InChI=1S/C18H22N6O2.C11H13NO2.C2H6/c1-11-8-24(9-12(2)26-11)18-15(25-3)17(19-10-20-18)21-16-13-6-4-5-7-14(13)22-23-16;1-14-10-6-4-9(5-7-10)12-11(13)8-2-3-8;1-2/h4-7,10-12H,8-9H2,1-3H3,(H2,19,20,21,22,23);4-8H,2-3H2,1H3,(H,12,13);1-2H3. The minimum atomic E-state index is 0.130. The molecule has 0 radical (unpaired) electrons. The summed E-state index contributed by atoms with van der Waals surface area (Å²) < 4.78 is 16.5. The average Bonchev–Trinajstić information content (AvgIpc) is 3.80. The highest BCUT2D eigenvalue weighted by Crippen LogP contribution is 2.36. The van der Waals surface area contributed by atoms with Gasteiger partial charge in [-0.25, -0.2) is 9.97 Å². The fourth-order valence-corrected chi connectivity index (χ4v) is 4.65. The number of aromatic nitrogens is 4. The van der Waals surface area contributed by atoms with E-state index >= 15 is 0 Å². The Labute approximate surface area is 247 Å². The molecule has 2 unspecified atom stereocenters. The predicted molar refractivity (Wildman–Crippen MR) is 166 cm³/mol. The van der Waals surface area contributed by atoms with E-state index in [1.54, 1.807) is 20.5 Å². The molecule has 224 valence electrons. The highest BCUT2D eigenvalue weighted by molar-refractivity contribution is 5.94. The van der Waals surface area contributed by atoms with Crippen LogP contribution in [-0.4, -0.2) is 65.6 Å². The second-order valence-corrected chi connectivity index (χ2v) is 9.98. The van der Waals surface area contributed by atoms with Crippen molar-refractivity contribution in [2.45, 2.75) is 52.7 Å². The molecule has 11 heteroatoms. The fraction of sp³-hybridized carbons (Fsp3) is 0.419. The summed E-state index contributed by atoms with van der Waals surface area (Å²) >= 11 is 0. The number of H-pyrrole nitrogens is 1. The number of carbonyl (C=O) groups excluding carboxylic acids is 1. The Kier molecular flexibility index (Phi) is 10.6. The van der Waals surface area contributed by atoms with Gasteiger partial charge in [0.05, 0.1) is 31.9 Å². The molecule has 3 N–H and O–H groups in total. The third-order valence-electron chi connectivity index (χ3n) is 6.72. The Morgan fingerprint density at radius 1 is 0.952 bits per heavy atom. The molecule has 0 bridgehead atoms. The Bertz CT molecular complexity index is 1430. The Morgan fingerprint density at radius 2 is 1.64 bits per heavy atom. The largest absolute Gasteiger partial charge is 0.497 e. The lowest BCUT2D eigenvalue weighted by Gasteiger charge is -2.36. The van der Waals surface area contributed by atoms with Crippen molar-refractivity contribution < 1.29 is 19.0 Å². The van der Waals surface area contributed by atoms with Gasteiger partial charge >= 0.3 is 0 Å². The molecule has 1 amide bonds. The van der Waals surface area contributed by atoms with E-state index in [2.05, 4.69) is 49.5 Å². The van der Waals surface area contributed by atoms with Crippen molar-refractivity contribution in [2.75, 3.05) is 42.8 Å². The number of anilines is 4. The van der Waals surface area contributed by atoms with E-state index in [9.17, 15) is 4.79 Å². The molecule has 3 heterocycles. The van der Waals surface area contributed by atoms with Crippen LogP contribution in [0.2, 0.25) is 0 Å². The van der Waals surface area contributed by atoms with Gasteiger partial charge in [-0.05, 0) is 63.1 Å².